The van der Waals surface area contributed by atoms with Crippen molar-refractivity contribution in [3.05, 3.63) is 21.3 Å². The van der Waals surface area contributed by atoms with Crippen molar-refractivity contribution >= 4 is 22.9 Å². The summed E-state index contributed by atoms with van der Waals surface area (Å²) in [6.45, 7) is 7.58. The van der Waals surface area contributed by atoms with E-state index in [4.69, 9.17) is 11.6 Å². The van der Waals surface area contributed by atoms with Gasteiger partial charge in [-0.1, -0.05) is 25.4 Å². The molecule has 1 heterocycles. The minimum absolute atomic E-state index is 0.556. The zero-order chi connectivity index (χ0) is 9.84. The second-order valence-corrected chi connectivity index (χ2v) is 5.08. The fourth-order valence-corrected chi connectivity index (χ4v) is 1.97. The van der Waals surface area contributed by atoms with E-state index in [2.05, 4.69) is 26.1 Å². The Kier molecular flexibility index (Phi) is 4.23. The van der Waals surface area contributed by atoms with Crippen LogP contribution < -0.4 is 5.32 Å². The van der Waals surface area contributed by atoms with E-state index in [-0.39, 0.29) is 0 Å². The Morgan fingerprint density at radius 1 is 1.46 bits per heavy atom. The Balaban J connectivity index is 2.35. The van der Waals surface area contributed by atoms with Crippen molar-refractivity contribution in [1.29, 1.82) is 0 Å². The SMILES string of the molecule is CC(C)C(C)NCc1cc(Cl)cs1. The Labute approximate surface area is 89.1 Å². The lowest BCUT2D eigenvalue weighted by Gasteiger charge is -2.16. The molecule has 3 heteroatoms. The Hall–Kier alpha value is -0.0500. The van der Waals surface area contributed by atoms with Crippen LogP contribution >= 0.6 is 22.9 Å². The molecule has 0 aliphatic rings. The molecule has 74 valence electrons. The average molecular weight is 218 g/mol. The third kappa shape index (κ3) is 3.67. The maximum absolute atomic E-state index is 5.82. The van der Waals surface area contributed by atoms with Gasteiger partial charge in [0, 0.05) is 22.8 Å². The summed E-state index contributed by atoms with van der Waals surface area (Å²) in [6.07, 6.45) is 0. The summed E-state index contributed by atoms with van der Waals surface area (Å²) >= 11 is 7.53. The molecule has 1 atom stereocenters. The van der Waals surface area contributed by atoms with E-state index in [1.807, 2.05) is 11.4 Å². The second-order valence-electron chi connectivity index (χ2n) is 3.64. The van der Waals surface area contributed by atoms with Gasteiger partial charge in [0.05, 0.1) is 5.02 Å². The third-order valence-corrected chi connectivity index (χ3v) is 3.50. The van der Waals surface area contributed by atoms with Gasteiger partial charge in [0.15, 0.2) is 0 Å². The lowest BCUT2D eigenvalue weighted by Crippen LogP contribution is -2.29. The van der Waals surface area contributed by atoms with E-state index in [1.165, 1.54) is 4.88 Å². The summed E-state index contributed by atoms with van der Waals surface area (Å²) in [5.74, 6) is 0.676. The van der Waals surface area contributed by atoms with Gasteiger partial charge in [-0.05, 0) is 18.9 Å². The highest BCUT2D eigenvalue weighted by Crippen LogP contribution is 2.19. The van der Waals surface area contributed by atoms with Crippen molar-refractivity contribution < 1.29 is 0 Å². The number of halogens is 1. The van der Waals surface area contributed by atoms with Crippen LogP contribution in [0.2, 0.25) is 5.02 Å². The van der Waals surface area contributed by atoms with Crippen LogP contribution in [0.25, 0.3) is 0 Å². The molecule has 0 aromatic carbocycles. The lowest BCUT2D eigenvalue weighted by molar-refractivity contribution is 0.428. The maximum atomic E-state index is 5.82. The van der Waals surface area contributed by atoms with Gasteiger partial charge in [-0.3, -0.25) is 0 Å². The molecule has 0 saturated carbocycles. The van der Waals surface area contributed by atoms with E-state index in [0.29, 0.717) is 12.0 Å². The van der Waals surface area contributed by atoms with E-state index in [9.17, 15) is 0 Å². The van der Waals surface area contributed by atoms with E-state index >= 15 is 0 Å². The summed E-state index contributed by atoms with van der Waals surface area (Å²) in [4.78, 5) is 1.30. The van der Waals surface area contributed by atoms with Crippen molar-refractivity contribution in [3.63, 3.8) is 0 Å². The van der Waals surface area contributed by atoms with Crippen molar-refractivity contribution in [2.45, 2.75) is 33.4 Å². The maximum Gasteiger partial charge on any atom is 0.0516 e. The van der Waals surface area contributed by atoms with Gasteiger partial charge in [-0.2, -0.15) is 0 Å². The van der Waals surface area contributed by atoms with Crippen LogP contribution in [0.15, 0.2) is 11.4 Å². The van der Waals surface area contributed by atoms with Crippen molar-refractivity contribution in [2.24, 2.45) is 5.92 Å². The quantitative estimate of drug-likeness (QED) is 0.814. The monoisotopic (exact) mass is 217 g/mol. The van der Waals surface area contributed by atoms with Gasteiger partial charge in [-0.15, -0.1) is 11.3 Å². The molecule has 0 amide bonds. The molecule has 0 aliphatic carbocycles. The summed E-state index contributed by atoms with van der Waals surface area (Å²) in [6, 6.07) is 2.58. The fraction of sp³-hybridized carbons (Fsp3) is 0.600. The van der Waals surface area contributed by atoms with Crippen LogP contribution in [0, 0.1) is 5.92 Å². The minimum Gasteiger partial charge on any atom is -0.309 e. The van der Waals surface area contributed by atoms with Crippen molar-refractivity contribution in [3.8, 4) is 0 Å². The predicted octanol–water partition coefficient (Wildman–Crippen LogP) is 3.54. The highest BCUT2D eigenvalue weighted by atomic mass is 35.5. The second kappa shape index (κ2) is 4.99. The van der Waals surface area contributed by atoms with Gasteiger partial charge in [0.2, 0.25) is 0 Å². The molecule has 1 N–H and O–H groups in total. The molecule has 0 bridgehead atoms. The highest BCUT2D eigenvalue weighted by molar-refractivity contribution is 7.10. The topological polar surface area (TPSA) is 12.0 Å². The molecule has 1 rings (SSSR count). The summed E-state index contributed by atoms with van der Waals surface area (Å²) in [5.41, 5.74) is 0. The predicted molar refractivity (Wildman–Crippen MR) is 60.5 cm³/mol. The zero-order valence-corrected chi connectivity index (χ0v) is 9.88. The minimum atomic E-state index is 0.556. The molecule has 0 aliphatic heterocycles. The van der Waals surface area contributed by atoms with Crippen LogP contribution in [0.5, 0.6) is 0 Å². The fourth-order valence-electron chi connectivity index (χ4n) is 0.944. The molecule has 1 unspecified atom stereocenters. The van der Waals surface area contributed by atoms with Crippen LogP contribution in [-0.2, 0) is 6.54 Å². The standard InChI is InChI=1S/C10H16ClNS/c1-7(2)8(3)12-5-10-4-9(11)6-13-10/h4,6-8,12H,5H2,1-3H3. The number of rotatable bonds is 4. The largest absolute Gasteiger partial charge is 0.309 e. The first kappa shape index (κ1) is 11.0. The summed E-state index contributed by atoms with van der Waals surface area (Å²) < 4.78 is 0. The smallest absolute Gasteiger partial charge is 0.0516 e. The van der Waals surface area contributed by atoms with Gasteiger partial charge in [-0.25, -0.2) is 0 Å². The molecule has 0 saturated heterocycles. The van der Waals surface area contributed by atoms with Crippen molar-refractivity contribution in [2.75, 3.05) is 0 Å². The zero-order valence-electron chi connectivity index (χ0n) is 8.30. The van der Waals surface area contributed by atoms with Gasteiger partial charge < -0.3 is 5.32 Å². The molecule has 0 radical (unpaired) electrons. The first-order valence-electron chi connectivity index (χ1n) is 4.56. The van der Waals surface area contributed by atoms with Gasteiger partial charge in [0.1, 0.15) is 0 Å². The van der Waals surface area contributed by atoms with Gasteiger partial charge >= 0.3 is 0 Å². The molecular weight excluding hydrogens is 202 g/mol. The lowest BCUT2D eigenvalue weighted by atomic mass is 10.1. The first-order chi connectivity index (χ1) is 6.09. The third-order valence-electron chi connectivity index (χ3n) is 2.22. The molecule has 0 fully saturated rings. The Morgan fingerprint density at radius 3 is 2.62 bits per heavy atom. The van der Waals surface area contributed by atoms with Crippen LogP contribution in [-0.4, -0.2) is 6.04 Å². The first-order valence-corrected chi connectivity index (χ1v) is 5.81. The Morgan fingerprint density at radius 2 is 2.15 bits per heavy atom. The molecule has 1 nitrogen and oxygen atoms in total. The highest BCUT2D eigenvalue weighted by Gasteiger charge is 2.06. The van der Waals surface area contributed by atoms with Gasteiger partial charge in [0.25, 0.3) is 0 Å². The average Bonchev–Trinajstić information content (AvgIpc) is 2.47. The van der Waals surface area contributed by atoms with Crippen LogP contribution in [0.4, 0.5) is 0 Å². The number of hydrogen-bond acceptors (Lipinski definition) is 2. The Bertz CT molecular complexity index is 257. The molecule has 13 heavy (non-hydrogen) atoms. The molecule has 1 aromatic heterocycles. The number of thiophene rings is 1. The normalized spacial score (nSPS) is 13.6. The number of hydrogen-bond donors (Lipinski definition) is 1. The van der Waals surface area contributed by atoms with Crippen molar-refractivity contribution in [1.82, 2.24) is 5.32 Å². The molecule has 0 spiro atoms. The molecule has 1 aromatic rings. The van der Waals surface area contributed by atoms with E-state index in [1.54, 1.807) is 11.3 Å². The summed E-state index contributed by atoms with van der Waals surface area (Å²) in [7, 11) is 0. The molecular formula is C10H16ClNS. The van der Waals surface area contributed by atoms with Crippen LogP contribution in [0.3, 0.4) is 0 Å². The summed E-state index contributed by atoms with van der Waals surface area (Å²) in [5, 5.41) is 6.28. The van der Waals surface area contributed by atoms with Crippen LogP contribution in [0.1, 0.15) is 25.6 Å². The van der Waals surface area contributed by atoms with E-state index < -0.39 is 0 Å². The number of nitrogens with one attached hydrogen (secondary N) is 1. The van der Waals surface area contributed by atoms with E-state index in [0.717, 1.165) is 11.6 Å².